The molecular weight excluding hydrogens is 705 g/mol. The number of hydrogen-bond donors (Lipinski definition) is 3. The smallest absolute Gasteiger partial charge is 0.472 e. The minimum absolute atomic E-state index is 0.0140. The zero-order valence-electron chi connectivity index (χ0n) is 34.3. The quantitative estimate of drug-likeness (QED) is 0.0236. The van der Waals surface area contributed by atoms with Crippen molar-refractivity contribution >= 4 is 19.8 Å². The largest absolute Gasteiger partial charge is 0.480 e. The van der Waals surface area contributed by atoms with E-state index in [1.54, 1.807) is 0 Å². The third-order valence-electron chi connectivity index (χ3n) is 9.18. The van der Waals surface area contributed by atoms with Gasteiger partial charge in [0, 0.05) is 13.0 Å². The van der Waals surface area contributed by atoms with Gasteiger partial charge in [-0.3, -0.25) is 18.6 Å². The Morgan fingerprint density at radius 2 is 1.07 bits per heavy atom. The first-order chi connectivity index (χ1) is 26.2. The van der Waals surface area contributed by atoms with E-state index in [-0.39, 0.29) is 13.0 Å². The van der Waals surface area contributed by atoms with Gasteiger partial charge in [-0.1, -0.05) is 172 Å². The second-order valence-corrected chi connectivity index (χ2v) is 15.9. The molecule has 0 fully saturated rings. The van der Waals surface area contributed by atoms with Crippen LogP contribution < -0.4 is 5.73 Å². The van der Waals surface area contributed by atoms with Crippen LogP contribution in [-0.4, -0.2) is 60.5 Å². The fraction of sp³-hybridized carbons (Fsp3) is 0.814. The average molecular weight is 786 g/mol. The van der Waals surface area contributed by atoms with E-state index in [1.807, 2.05) is 0 Å². The summed E-state index contributed by atoms with van der Waals surface area (Å²) in [5.74, 6) is -1.78. The zero-order chi connectivity index (χ0) is 39.8. The number of rotatable bonds is 41. The predicted molar refractivity (Wildman–Crippen MR) is 221 cm³/mol. The Kier molecular flexibility index (Phi) is 38.1. The number of phosphoric acid groups is 1. The van der Waals surface area contributed by atoms with Crippen LogP contribution in [0.25, 0.3) is 0 Å². The van der Waals surface area contributed by atoms with Gasteiger partial charge in [0.2, 0.25) is 0 Å². The summed E-state index contributed by atoms with van der Waals surface area (Å²) in [6.07, 6.45) is 43.3. The van der Waals surface area contributed by atoms with Crippen molar-refractivity contribution in [1.82, 2.24) is 0 Å². The van der Waals surface area contributed by atoms with E-state index < -0.39 is 45.1 Å². The number of nitrogens with two attached hydrogens (primary N) is 1. The molecule has 316 valence electrons. The molecule has 0 bridgehead atoms. The van der Waals surface area contributed by atoms with Crippen molar-refractivity contribution < 1.29 is 42.7 Å². The highest BCUT2D eigenvalue weighted by atomic mass is 31.2. The summed E-state index contributed by atoms with van der Waals surface area (Å²) in [5.41, 5.74) is 5.35. The molecule has 0 saturated heterocycles. The molecule has 0 heterocycles. The molecule has 10 nitrogen and oxygen atoms in total. The number of carboxylic acid groups (broad SMARTS) is 1. The first-order valence-electron chi connectivity index (χ1n) is 21.5. The van der Waals surface area contributed by atoms with Crippen molar-refractivity contribution in [3.8, 4) is 0 Å². The Labute approximate surface area is 329 Å². The summed E-state index contributed by atoms with van der Waals surface area (Å²) in [7, 11) is -4.61. The van der Waals surface area contributed by atoms with Crippen LogP contribution in [0.1, 0.15) is 187 Å². The van der Waals surface area contributed by atoms with Crippen molar-refractivity contribution in [2.24, 2.45) is 5.73 Å². The summed E-state index contributed by atoms with van der Waals surface area (Å²) in [4.78, 5) is 33.5. The Morgan fingerprint density at radius 1 is 0.611 bits per heavy atom. The van der Waals surface area contributed by atoms with Gasteiger partial charge in [0.05, 0.1) is 19.8 Å². The molecule has 4 N–H and O–H groups in total. The Morgan fingerprint density at radius 3 is 1.61 bits per heavy atom. The summed E-state index contributed by atoms with van der Waals surface area (Å²) in [5, 5.41) is 8.89. The number of carbonyl (C=O) groups is 2. The maximum atomic E-state index is 12.6. The van der Waals surface area contributed by atoms with Crippen molar-refractivity contribution in [2.45, 2.75) is 199 Å². The monoisotopic (exact) mass is 786 g/mol. The highest BCUT2D eigenvalue weighted by molar-refractivity contribution is 7.47. The SMILES string of the molecule is CC/C=C\C/C=C\C/C=C\CCCCCCCCCCOCC(COP(=O)(O)OCC(N)C(=O)O)OC(=O)CCCCCCCCCCCCCCCC. The Balaban J connectivity index is 4.23. The summed E-state index contributed by atoms with van der Waals surface area (Å²) < 4.78 is 33.3. The van der Waals surface area contributed by atoms with Crippen LogP contribution in [0.4, 0.5) is 0 Å². The number of ether oxygens (including phenoxy) is 2. The molecule has 0 aromatic carbocycles. The van der Waals surface area contributed by atoms with E-state index in [4.69, 9.17) is 29.4 Å². The standard InChI is InChI=1S/C43H80NO9P/c1-3-5-7-9-11-13-15-17-19-20-21-22-24-26-28-30-32-34-36-50-37-40(38-51-54(48,49)52-39-41(44)43(46)47)53-42(45)35-33-31-29-27-25-23-18-16-14-12-10-8-6-4-2/h5,7,11,13,17,19,40-41H,3-4,6,8-10,12,14-16,18,20-39,44H2,1-2H3,(H,46,47)(H,48,49)/b7-5-,13-11-,19-17-. The highest BCUT2D eigenvalue weighted by Gasteiger charge is 2.27. The average Bonchev–Trinajstić information content (AvgIpc) is 3.15. The van der Waals surface area contributed by atoms with Crippen LogP contribution >= 0.6 is 7.82 Å². The van der Waals surface area contributed by atoms with E-state index in [2.05, 4.69) is 50.3 Å². The molecule has 0 aromatic heterocycles. The van der Waals surface area contributed by atoms with Gasteiger partial charge in [0.15, 0.2) is 0 Å². The molecule has 0 aromatic rings. The summed E-state index contributed by atoms with van der Waals surface area (Å²) in [6, 6.07) is -1.47. The lowest BCUT2D eigenvalue weighted by atomic mass is 10.0. The maximum absolute atomic E-state index is 12.6. The number of hydrogen-bond acceptors (Lipinski definition) is 8. The fourth-order valence-corrected chi connectivity index (χ4v) is 6.63. The van der Waals surface area contributed by atoms with E-state index in [1.165, 1.54) is 103 Å². The van der Waals surface area contributed by atoms with Gasteiger partial charge in [-0.25, -0.2) is 4.57 Å². The number of esters is 1. The minimum atomic E-state index is -4.61. The van der Waals surface area contributed by atoms with Gasteiger partial charge in [-0.15, -0.1) is 0 Å². The second-order valence-electron chi connectivity index (χ2n) is 14.4. The molecule has 0 rings (SSSR count). The third-order valence-corrected chi connectivity index (χ3v) is 10.1. The molecule has 0 aliphatic heterocycles. The van der Waals surface area contributed by atoms with E-state index >= 15 is 0 Å². The van der Waals surface area contributed by atoms with Gasteiger partial charge in [0.25, 0.3) is 0 Å². The molecule has 3 unspecified atom stereocenters. The van der Waals surface area contributed by atoms with Crippen molar-refractivity contribution in [3.63, 3.8) is 0 Å². The number of carboxylic acids is 1. The van der Waals surface area contributed by atoms with Crippen LogP contribution in [0.2, 0.25) is 0 Å². The number of phosphoric ester groups is 1. The minimum Gasteiger partial charge on any atom is -0.480 e. The third kappa shape index (κ3) is 38.5. The lowest BCUT2D eigenvalue weighted by molar-refractivity contribution is -0.154. The Hall–Kier alpha value is -1.81. The second kappa shape index (κ2) is 39.4. The molecule has 0 aliphatic rings. The topological polar surface area (TPSA) is 155 Å². The lowest BCUT2D eigenvalue weighted by Gasteiger charge is -2.20. The van der Waals surface area contributed by atoms with Gasteiger partial charge < -0.3 is 25.2 Å². The predicted octanol–water partition coefficient (Wildman–Crippen LogP) is 11.7. The van der Waals surface area contributed by atoms with Gasteiger partial charge in [-0.2, -0.15) is 0 Å². The molecule has 0 saturated carbocycles. The van der Waals surface area contributed by atoms with E-state index in [0.29, 0.717) is 13.0 Å². The van der Waals surface area contributed by atoms with Gasteiger partial charge >= 0.3 is 19.8 Å². The molecule has 0 amide bonds. The van der Waals surface area contributed by atoms with Crippen LogP contribution in [0, 0.1) is 0 Å². The summed E-state index contributed by atoms with van der Waals surface area (Å²) in [6.45, 7) is 3.76. The van der Waals surface area contributed by atoms with Crippen molar-refractivity contribution in [1.29, 1.82) is 0 Å². The van der Waals surface area contributed by atoms with Crippen molar-refractivity contribution in [2.75, 3.05) is 26.4 Å². The summed E-state index contributed by atoms with van der Waals surface area (Å²) >= 11 is 0. The number of carbonyl (C=O) groups excluding carboxylic acids is 1. The Bertz CT molecular complexity index is 1000. The molecular formula is C43H80NO9P. The van der Waals surface area contributed by atoms with Gasteiger partial charge in [0.1, 0.15) is 12.1 Å². The van der Waals surface area contributed by atoms with E-state index in [9.17, 15) is 19.0 Å². The van der Waals surface area contributed by atoms with Crippen LogP contribution in [0.3, 0.4) is 0 Å². The molecule has 0 spiro atoms. The molecule has 3 atom stereocenters. The fourth-order valence-electron chi connectivity index (χ4n) is 5.85. The van der Waals surface area contributed by atoms with E-state index in [0.717, 1.165) is 57.8 Å². The zero-order valence-corrected chi connectivity index (χ0v) is 35.2. The molecule has 0 aliphatic carbocycles. The number of allylic oxidation sites excluding steroid dienone is 6. The van der Waals surface area contributed by atoms with Crippen LogP contribution in [0.15, 0.2) is 36.5 Å². The molecule has 54 heavy (non-hydrogen) atoms. The van der Waals surface area contributed by atoms with Crippen LogP contribution in [0.5, 0.6) is 0 Å². The highest BCUT2D eigenvalue weighted by Crippen LogP contribution is 2.43. The first kappa shape index (κ1) is 52.2. The maximum Gasteiger partial charge on any atom is 0.472 e. The normalized spacial score (nSPS) is 14.3. The first-order valence-corrected chi connectivity index (χ1v) is 23.0. The number of unbranched alkanes of at least 4 members (excludes halogenated alkanes) is 21. The van der Waals surface area contributed by atoms with Gasteiger partial charge in [-0.05, 0) is 44.9 Å². The molecule has 0 radical (unpaired) electrons. The number of aliphatic carboxylic acids is 1. The van der Waals surface area contributed by atoms with Crippen LogP contribution in [-0.2, 0) is 32.7 Å². The molecule has 11 heteroatoms. The van der Waals surface area contributed by atoms with Crippen molar-refractivity contribution in [3.05, 3.63) is 36.5 Å². The lowest BCUT2D eigenvalue weighted by Crippen LogP contribution is -2.34.